The Morgan fingerprint density at radius 2 is 0.363 bits per heavy atom. The SMILES string of the molecule is CCCCCCCCCCCCCCCCOc1ccc(N=Nc2ccc(Nc3nc(Nc4ccc(N=Nc5ccc(OCCCCCCCCCCCCCCCC)cc5)cc4)nc(Nc4ccc(N=Nc5ccc(OCCCCCCCCCCCCCCCC)cc5)cc4)n3)cc2)cc1. The fourth-order valence-electron chi connectivity index (χ4n) is 12.4. The molecular weight excluding hydrogens is 1260 g/mol. The third-order valence-corrected chi connectivity index (χ3v) is 18.7. The van der Waals surface area contributed by atoms with Crippen LogP contribution >= 0.6 is 0 Å². The van der Waals surface area contributed by atoms with Crippen LogP contribution in [0.4, 0.5) is 69.0 Å². The summed E-state index contributed by atoms with van der Waals surface area (Å²) in [5, 5.41) is 37.1. The van der Waals surface area contributed by atoms with Crippen molar-refractivity contribution in [3.63, 3.8) is 0 Å². The molecule has 0 fully saturated rings. The molecule has 102 heavy (non-hydrogen) atoms. The molecule has 0 amide bonds. The van der Waals surface area contributed by atoms with Crippen molar-refractivity contribution in [2.45, 2.75) is 290 Å². The molecule has 0 saturated heterocycles. The Morgan fingerprint density at radius 1 is 0.206 bits per heavy atom. The second-order valence-corrected chi connectivity index (χ2v) is 27.7. The average Bonchev–Trinajstić information content (AvgIpc) is 0.842. The molecular formula is C87H126N12O3. The second kappa shape index (κ2) is 53.7. The van der Waals surface area contributed by atoms with Crippen LogP contribution in [0.25, 0.3) is 0 Å². The zero-order valence-corrected chi connectivity index (χ0v) is 62.9. The van der Waals surface area contributed by atoms with Crippen molar-refractivity contribution < 1.29 is 14.2 Å². The predicted molar refractivity (Wildman–Crippen MR) is 428 cm³/mol. The first-order valence-electron chi connectivity index (χ1n) is 40.3. The number of benzene rings is 6. The van der Waals surface area contributed by atoms with Gasteiger partial charge in [-0.1, -0.05) is 271 Å². The van der Waals surface area contributed by atoms with E-state index in [4.69, 9.17) is 29.2 Å². The van der Waals surface area contributed by atoms with Crippen molar-refractivity contribution in [3.8, 4) is 17.2 Å². The normalized spacial score (nSPS) is 11.6. The highest BCUT2D eigenvalue weighted by Crippen LogP contribution is 2.30. The number of unbranched alkanes of at least 4 members (excludes halogenated alkanes) is 39. The zero-order chi connectivity index (χ0) is 71.1. The third kappa shape index (κ3) is 37.7. The molecule has 7 rings (SSSR count). The summed E-state index contributed by atoms with van der Waals surface area (Å²) in [5.41, 5.74) is 6.61. The molecule has 1 aromatic heterocycles. The topological polar surface area (TPSA) is 177 Å². The molecule has 0 saturated carbocycles. The van der Waals surface area contributed by atoms with Gasteiger partial charge in [0.1, 0.15) is 17.2 Å². The fourth-order valence-corrected chi connectivity index (χ4v) is 12.4. The number of hydrogen-bond acceptors (Lipinski definition) is 15. The summed E-state index contributed by atoms with van der Waals surface area (Å²) in [6.07, 6.45) is 56.4. The van der Waals surface area contributed by atoms with E-state index in [9.17, 15) is 0 Å². The lowest BCUT2D eigenvalue weighted by Crippen LogP contribution is -2.07. The van der Waals surface area contributed by atoms with Gasteiger partial charge in [-0.25, -0.2) is 0 Å². The van der Waals surface area contributed by atoms with Crippen LogP contribution in [0, 0.1) is 0 Å². The number of azo groups is 3. The maximum atomic E-state index is 6.06. The van der Waals surface area contributed by atoms with Crippen molar-refractivity contribution >= 4 is 69.0 Å². The highest BCUT2D eigenvalue weighted by Gasteiger charge is 2.11. The zero-order valence-electron chi connectivity index (χ0n) is 62.9. The summed E-state index contributed by atoms with van der Waals surface area (Å²) >= 11 is 0. The summed E-state index contributed by atoms with van der Waals surface area (Å²) in [4.78, 5) is 14.4. The van der Waals surface area contributed by atoms with E-state index < -0.39 is 0 Å². The Hall–Kier alpha value is -8.07. The Bertz CT molecular complexity index is 2930. The van der Waals surface area contributed by atoms with Crippen LogP contribution in [-0.2, 0) is 0 Å². The molecule has 552 valence electrons. The van der Waals surface area contributed by atoms with Gasteiger partial charge in [0.15, 0.2) is 0 Å². The molecule has 0 aliphatic heterocycles. The van der Waals surface area contributed by atoms with E-state index in [1.54, 1.807) is 0 Å². The van der Waals surface area contributed by atoms with Gasteiger partial charge in [0.05, 0.1) is 53.9 Å². The van der Waals surface area contributed by atoms with Crippen molar-refractivity contribution in [2.24, 2.45) is 30.7 Å². The van der Waals surface area contributed by atoms with Gasteiger partial charge in [-0.15, -0.1) is 0 Å². The van der Waals surface area contributed by atoms with Gasteiger partial charge < -0.3 is 30.2 Å². The maximum Gasteiger partial charge on any atom is 0.233 e. The lowest BCUT2D eigenvalue weighted by Gasteiger charge is -2.12. The van der Waals surface area contributed by atoms with Crippen LogP contribution in [0.5, 0.6) is 17.2 Å². The van der Waals surface area contributed by atoms with E-state index in [0.29, 0.717) is 34.9 Å². The number of nitrogens with zero attached hydrogens (tertiary/aromatic N) is 9. The minimum absolute atomic E-state index is 0.323. The third-order valence-electron chi connectivity index (χ3n) is 18.7. The summed E-state index contributed by atoms with van der Waals surface area (Å²) in [6.45, 7) is 9.04. The Kier molecular flexibility index (Phi) is 42.8. The molecule has 7 aromatic rings. The molecule has 0 radical (unpaired) electrons. The smallest absolute Gasteiger partial charge is 0.233 e. The minimum atomic E-state index is 0.323. The molecule has 0 bridgehead atoms. The van der Waals surface area contributed by atoms with Crippen molar-refractivity contribution in [3.05, 3.63) is 146 Å². The van der Waals surface area contributed by atoms with Gasteiger partial charge in [-0.3, -0.25) is 0 Å². The van der Waals surface area contributed by atoms with Crippen LogP contribution in [0.1, 0.15) is 290 Å². The monoisotopic (exact) mass is 1390 g/mol. The lowest BCUT2D eigenvalue weighted by atomic mass is 10.0. The first kappa shape index (κ1) is 81.2. The lowest BCUT2D eigenvalue weighted by molar-refractivity contribution is 0.304. The largest absolute Gasteiger partial charge is 0.494 e. The maximum absolute atomic E-state index is 6.06. The Morgan fingerprint density at radius 3 is 0.539 bits per heavy atom. The predicted octanol–water partition coefficient (Wildman–Crippen LogP) is 29.9. The van der Waals surface area contributed by atoms with Crippen LogP contribution in [0.15, 0.2) is 176 Å². The minimum Gasteiger partial charge on any atom is -0.494 e. The molecule has 1 heterocycles. The quantitative estimate of drug-likeness (QED) is 0.0247. The number of anilines is 6. The van der Waals surface area contributed by atoms with E-state index in [1.165, 1.54) is 250 Å². The van der Waals surface area contributed by atoms with E-state index >= 15 is 0 Å². The Labute approximate surface area is 614 Å². The second-order valence-electron chi connectivity index (χ2n) is 27.7. The Balaban J connectivity index is 0.862. The summed E-state index contributed by atoms with van der Waals surface area (Å²) < 4.78 is 18.2. The standard InChI is InChI=1S/C87H126N12O3/c1-4-7-10-13-16-19-22-25-28-31-34-37-40-43-70-100-82-64-58-79(59-65-82)97-94-76-52-46-73(47-53-76)88-85-91-86(89-74-48-54-77(55-49-74)95-98-80-60-66-83(67-61-80)101-71-44-41-38-35-32-29-26-23-20-17-14-11-8-5-2)93-87(92-85)90-75-50-56-78(57-51-75)96-99-81-62-68-84(69-63-81)102-72-45-42-39-36-33-30-27-24-21-18-15-12-9-6-3/h46-69H,4-45,70-72H2,1-3H3,(H3,88,89,90,91,92,93). The van der Waals surface area contributed by atoms with Crippen LogP contribution < -0.4 is 30.2 Å². The molecule has 6 aromatic carbocycles. The number of ether oxygens (including phenoxy) is 3. The molecule has 15 nitrogen and oxygen atoms in total. The van der Waals surface area contributed by atoms with E-state index in [2.05, 4.69) is 67.4 Å². The summed E-state index contributed by atoms with van der Waals surface area (Å²) in [6, 6.07) is 46.3. The van der Waals surface area contributed by atoms with Crippen molar-refractivity contribution in [1.82, 2.24) is 15.0 Å². The van der Waals surface area contributed by atoms with E-state index in [1.807, 2.05) is 146 Å². The highest BCUT2D eigenvalue weighted by atomic mass is 16.5. The number of nitrogens with one attached hydrogen (secondary N) is 3. The fraction of sp³-hybridized carbons (Fsp3) is 0.552. The number of hydrogen-bond donors (Lipinski definition) is 3. The highest BCUT2D eigenvalue weighted by molar-refractivity contribution is 5.64. The summed E-state index contributed by atoms with van der Waals surface area (Å²) in [5.74, 6) is 3.52. The van der Waals surface area contributed by atoms with Gasteiger partial charge in [0.2, 0.25) is 17.8 Å². The molecule has 0 atom stereocenters. The summed E-state index contributed by atoms with van der Waals surface area (Å²) in [7, 11) is 0. The van der Waals surface area contributed by atoms with Crippen molar-refractivity contribution in [2.75, 3.05) is 35.8 Å². The van der Waals surface area contributed by atoms with Gasteiger partial charge in [0, 0.05) is 17.1 Å². The van der Waals surface area contributed by atoms with Crippen LogP contribution in [0.2, 0.25) is 0 Å². The molecule has 0 spiro atoms. The first-order valence-corrected chi connectivity index (χ1v) is 40.3. The molecule has 0 aliphatic carbocycles. The molecule has 0 aliphatic rings. The number of aromatic nitrogens is 3. The van der Waals surface area contributed by atoms with E-state index in [0.717, 1.165) is 90.5 Å². The van der Waals surface area contributed by atoms with Crippen LogP contribution in [-0.4, -0.2) is 34.8 Å². The van der Waals surface area contributed by atoms with Gasteiger partial charge >= 0.3 is 0 Å². The number of rotatable bonds is 60. The molecule has 3 N–H and O–H groups in total. The molecule has 0 unspecified atom stereocenters. The molecule has 15 heteroatoms. The van der Waals surface area contributed by atoms with Crippen molar-refractivity contribution in [1.29, 1.82) is 0 Å². The van der Waals surface area contributed by atoms with Crippen LogP contribution in [0.3, 0.4) is 0 Å². The average molecular weight is 1390 g/mol. The first-order chi connectivity index (χ1) is 50.5. The van der Waals surface area contributed by atoms with Gasteiger partial charge in [0.25, 0.3) is 0 Å². The van der Waals surface area contributed by atoms with Gasteiger partial charge in [-0.05, 0) is 165 Å². The van der Waals surface area contributed by atoms with E-state index in [-0.39, 0.29) is 0 Å². The van der Waals surface area contributed by atoms with Gasteiger partial charge in [-0.2, -0.15) is 45.6 Å².